The molecule has 0 aliphatic heterocycles. The molecule has 0 saturated carbocycles. The van der Waals surface area contributed by atoms with Gasteiger partial charge in [0.25, 0.3) is 0 Å². The standard InChI is InChI=1S/C35H32N4O4/c1-24(2)34(40)42-22-28-9-15-32(36-18-28)20-38-30-11-5-26(6-12-30)17-27-7-13-31(14-8-27)39-21-33-16-10-29(19-37-33)23-43-35(41)25(3)4/h5-16,18-21H,1,3,17,22-23H2,2,4H3. The first-order valence-electron chi connectivity index (χ1n) is 13.6. The lowest BCUT2D eigenvalue weighted by atomic mass is 10.0. The lowest BCUT2D eigenvalue weighted by Crippen LogP contribution is -2.05. The van der Waals surface area contributed by atoms with Crippen LogP contribution in [-0.4, -0.2) is 34.3 Å². The van der Waals surface area contributed by atoms with Crippen LogP contribution in [0.25, 0.3) is 0 Å². The number of ether oxygens (including phenoxy) is 2. The Balaban J connectivity index is 1.25. The molecule has 0 N–H and O–H groups in total. The van der Waals surface area contributed by atoms with Crippen LogP contribution in [0.2, 0.25) is 0 Å². The van der Waals surface area contributed by atoms with Gasteiger partial charge in [0.2, 0.25) is 0 Å². The molecule has 0 radical (unpaired) electrons. The molecular weight excluding hydrogens is 540 g/mol. The fourth-order valence-corrected chi connectivity index (χ4v) is 3.66. The second-order valence-corrected chi connectivity index (χ2v) is 9.92. The zero-order valence-corrected chi connectivity index (χ0v) is 24.2. The Morgan fingerprint density at radius 1 is 0.628 bits per heavy atom. The molecule has 0 fully saturated rings. The van der Waals surface area contributed by atoms with E-state index in [1.54, 1.807) is 38.7 Å². The van der Waals surface area contributed by atoms with Gasteiger partial charge < -0.3 is 9.47 Å². The number of aliphatic imine (C=N–C) groups is 2. The highest BCUT2D eigenvalue weighted by molar-refractivity contribution is 5.87. The number of carbonyl (C=O) groups excluding carboxylic acids is 2. The minimum absolute atomic E-state index is 0.151. The summed E-state index contributed by atoms with van der Waals surface area (Å²) in [7, 11) is 0. The quantitative estimate of drug-likeness (QED) is 0.105. The van der Waals surface area contributed by atoms with Gasteiger partial charge in [-0.3, -0.25) is 20.0 Å². The van der Waals surface area contributed by atoms with Gasteiger partial charge in [0.05, 0.1) is 35.2 Å². The van der Waals surface area contributed by atoms with E-state index in [1.807, 2.05) is 48.5 Å². The third-order valence-electron chi connectivity index (χ3n) is 6.10. The largest absolute Gasteiger partial charge is 0.457 e. The zero-order valence-electron chi connectivity index (χ0n) is 24.2. The molecule has 8 nitrogen and oxygen atoms in total. The molecule has 4 rings (SSSR count). The first-order chi connectivity index (χ1) is 20.7. The van der Waals surface area contributed by atoms with E-state index < -0.39 is 11.9 Å². The summed E-state index contributed by atoms with van der Waals surface area (Å²) < 4.78 is 10.3. The molecule has 0 bridgehead atoms. The highest BCUT2D eigenvalue weighted by atomic mass is 16.5. The highest BCUT2D eigenvalue weighted by Gasteiger charge is 2.05. The first kappa shape index (κ1) is 30.5. The van der Waals surface area contributed by atoms with Crippen molar-refractivity contribution in [3.63, 3.8) is 0 Å². The van der Waals surface area contributed by atoms with E-state index in [9.17, 15) is 9.59 Å². The molecule has 0 aliphatic rings. The van der Waals surface area contributed by atoms with Crippen LogP contribution in [0.3, 0.4) is 0 Å². The molecule has 2 aromatic carbocycles. The van der Waals surface area contributed by atoms with Crippen molar-refractivity contribution in [1.29, 1.82) is 0 Å². The third kappa shape index (κ3) is 9.82. The van der Waals surface area contributed by atoms with Crippen molar-refractivity contribution in [3.05, 3.63) is 143 Å². The van der Waals surface area contributed by atoms with Gasteiger partial charge in [0.1, 0.15) is 13.2 Å². The topological polar surface area (TPSA) is 103 Å². The molecule has 43 heavy (non-hydrogen) atoms. The van der Waals surface area contributed by atoms with Crippen molar-refractivity contribution in [1.82, 2.24) is 9.97 Å². The van der Waals surface area contributed by atoms with Crippen molar-refractivity contribution in [2.24, 2.45) is 9.98 Å². The Bertz CT molecular complexity index is 1510. The Hall–Kier alpha value is -5.50. The number of nitrogens with zero attached hydrogens (tertiary/aromatic N) is 4. The van der Waals surface area contributed by atoms with Crippen molar-refractivity contribution in [2.45, 2.75) is 33.5 Å². The molecule has 0 aliphatic carbocycles. The average Bonchev–Trinajstić information content (AvgIpc) is 3.02. The van der Waals surface area contributed by atoms with Gasteiger partial charge in [-0.15, -0.1) is 0 Å². The normalized spacial score (nSPS) is 11.0. The number of pyridine rings is 2. The molecular formula is C35H32N4O4. The predicted octanol–water partition coefficient (Wildman–Crippen LogP) is 6.81. The molecule has 216 valence electrons. The average molecular weight is 573 g/mol. The Kier molecular flexibility index (Phi) is 10.6. The predicted molar refractivity (Wildman–Crippen MR) is 168 cm³/mol. The number of hydrogen-bond donors (Lipinski definition) is 0. The van der Waals surface area contributed by atoms with E-state index in [4.69, 9.17) is 9.47 Å². The SMILES string of the molecule is C=C(C)C(=O)OCc1ccc(C=Nc2ccc(Cc3ccc(N=Cc4ccc(COC(=O)C(=C)C)cn4)cc3)cc2)nc1. The maximum atomic E-state index is 11.5. The van der Waals surface area contributed by atoms with E-state index in [1.165, 1.54) is 11.1 Å². The highest BCUT2D eigenvalue weighted by Crippen LogP contribution is 2.19. The maximum Gasteiger partial charge on any atom is 0.333 e. The first-order valence-corrected chi connectivity index (χ1v) is 13.6. The van der Waals surface area contributed by atoms with Gasteiger partial charge in [-0.25, -0.2) is 9.59 Å². The lowest BCUT2D eigenvalue weighted by molar-refractivity contribution is -0.141. The van der Waals surface area contributed by atoms with E-state index >= 15 is 0 Å². The summed E-state index contributed by atoms with van der Waals surface area (Å²) in [6, 6.07) is 23.5. The summed E-state index contributed by atoms with van der Waals surface area (Å²) in [5, 5.41) is 0. The molecule has 0 spiro atoms. The van der Waals surface area contributed by atoms with Crippen molar-refractivity contribution < 1.29 is 19.1 Å². The summed E-state index contributed by atoms with van der Waals surface area (Å²) in [6.07, 6.45) is 7.50. The van der Waals surface area contributed by atoms with E-state index in [-0.39, 0.29) is 13.2 Å². The Labute approximate surface area is 251 Å². The van der Waals surface area contributed by atoms with E-state index in [0.717, 1.165) is 28.9 Å². The van der Waals surface area contributed by atoms with E-state index in [0.29, 0.717) is 22.5 Å². The van der Waals surface area contributed by atoms with Crippen molar-refractivity contribution >= 4 is 35.7 Å². The number of benzene rings is 2. The molecule has 0 saturated heterocycles. The molecule has 0 atom stereocenters. The van der Waals surface area contributed by atoms with Gasteiger partial charge in [-0.1, -0.05) is 49.6 Å². The molecule has 8 heteroatoms. The van der Waals surface area contributed by atoms with Gasteiger partial charge >= 0.3 is 11.9 Å². The minimum Gasteiger partial charge on any atom is -0.457 e. The lowest BCUT2D eigenvalue weighted by Gasteiger charge is -2.05. The van der Waals surface area contributed by atoms with Crippen LogP contribution in [0.15, 0.2) is 119 Å². The molecule has 0 amide bonds. The summed E-state index contributed by atoms with van der Waals surface area (Å²) in [4.78, 5) is 40.8. The molecule has 0 unspecified atom stereocenters. The number of rotatable bonds is 12. The number of aromatic nitrogens is 2. The number of carbonyl (C=O) groups is 2. The number of esters is 2. The molecule has 2 heterocycles. The second-order valence-electron chi connectivity index (χ2n) is 9.92. The van der Waals surface area contributed by atoms with Crippen LogP contribution < -0.4 is 0 Å². The summed E-state index contributed by atoms with van der Waals surface area (Å²) >= 11 is 0. The smallest absolute Gasteiger partial charge is 0.333 e. The molecule has 4 aromatic rings. The van der Waals surface area contributed by atoms with Crippen LogP contribution in [0.4, 0.5) is 11.4 Å². The van der Waals surface area contributed by atoms with Crippen LogP contribution in [-0.2, 0) is 38.7 Å². The van der Waals surface area contributed by atoms with Crippen LogP contribution >= 0.6 is 0 Å². The zero-order chi connectivity index (χ0) is 30.6. The summed E-state index contributed by atoms with van der Waals surface area (Å²) in [6.45, 7) is 10.7. The maximum absolute atomic E-state index is 11.5. The van der Waals surface area contributed by atoms with E-state index in [2.05, 4.69) is 57.4 Å². The summed E-state index contributed by atoms with van der Waals surface area (Å²) in [5.74, 6) is -0.842. The van der Waals surface area contributed by atoms with Gasteiger partial charge in [-0.2, -0.15) is 0 Å². The van der Waals surface area contributed by atoms with Crippen molar-refractivity contribution in [2.75, 3.05) is 0 Å². The third-order valence-corrected chi connectivity index (χ3v) is 6.10. The number of hydrogen-bond acceptors (Lipinski definition) is 8. The van der Waals surface area contributed by atoms with Gasteiger partial charge in [-0.05, 0) is 67.8 Å². The molecule has 2 aromatic heterocycles. The minimum atomic E-state index is -0.421. The van der Waals surface area contributed by atoms with Gasteiger partial charge in [0.15, 0.2) is 0 Å². The fraction of sp³-hybridized carbons (Fsp3) is 0.143. The fourth-order valence-electron chi connectivity index (χ4n) is 3.66. The second kappa shape index (κ2) is 14.9. The van der Waals surface area contributed by atoms with Gasteiger partial charge in [0, 0.05) is 34.7 Å². The summed E-state index contributed by atoms with van der Waals surface area (Å²) in [5.41, 5.74) is 7.70. The van der Waals surface area contributed by atoms with Crippen molar-refractivity contribution in [3.8, 4) is 0 Å². The van der Waals surface area contributed by atoms with Crippen LogP contribution in [0.5, 0.6) is 0 Å². The van der Waals surface area contributed by atoms with Crippen LogP contribution in [0, 0.1) is 0 Å². The monoisotopic (exact) mass is 572 g/mol. The Morgan fingerprint density at radius 2 is 1.00 bits per heavy atom. The van der Waals surface area contributed by atoms with Crippen LogP contribution in [0.1, 0.15) is 47.5 Å². The Morgan fingerprint density at radius 3 is 1.33 bits per heavy atom.